The lowest BCUT2D eigenvalue weighted by atomic mass is 10.1. The highest BCUT2D eigenvalue weighted by atomic mass is 35.5. The van der Waals surface area contributed by atoms with Gasteiger partial charge in [-0.05, 0) is 80.3 Å². The molecule has 1 aliphatic rings. The van der Waals surface area contributed by atoms with Crippen LogP contribution in [0.25, 0.3) is 0 Å². The van der Waals surface area contributed by atoms with Gasteiger partial charge in [0.2, 0.25) is 5.95 Å². The van der Waals surface area contributed by atoms with Gasteiger partial charge in [-0.1, -0.05) is 53.3 Å². The third-order valence-corrected chi connectivity index (χ3v) is 11.9. The summed E-state index contributed by atoms with van der Waals surface area (Å²) >= 11 is 25.4. The first kappa shape index (κ1) is 56.3. The van der Waals surface area contributed by atoms with Crippen LogP contribution in [0, 0.1) is 0 Å². The average molecular weight is 1110 g/mol. The molecule has 0 saturated carbocycles. The van der Waals surface area contributed by atoms with Gasteiger partial charge in [0.1, 0.15) is 39.4 Å². The number of benzene rings is 4. The Balaban J connectivity index is 0.00000120. The summed E-state index contributed by atoms with van der Waals surface area (Å²) in [5, 5.41) is 17.7. The van der Waals surface area contributed by atoms with E-state index in [1.54, 1.807) is 42.5 Å². The summed E-state index contributed by atoms with van der Waals surface area (Å²) in [6.07, 6.45) is 2.94. The molecule has 6 rings (SSSR count). The predicted octanol–water partition coefficient (Wildman–Crippen LogP) is 8.78. The van der Waals surface area contributed by atoms with Crippen LogP contribution in [0.15, 0.2) is 92.1 Å². The summed E-state index contributed by atoms with van der Waals surface area (Å²) in [4.78, 5) is 16.0. The predicted molar refractivity (Wildman–Crippen MR) is 253 cm³/mol. The standard InChI is InChI=1S/C39H38Cl4N8O8S2.2O3S/c1-2-14-58-34-22-32(49-47-27-8-6-26(40)7-9-27)30(42)17-24(34)19-37-44-38(46-39(45-37)51-12-3-4-13-51)20-25-18-31(43)33(23-35(25)59-15-5-16-60(52,53)54)50-48-28-10-11-29(41)36(21-28)61(55,56)57;2*1-4(2)3/h6-11,17-18,21-23H,2-5,12-16,19-20H2,1H3,(H,52,53,54)(H,55,56,57);;. The van der Waals surface area contributed by atoms with Crippen LogP contribution in [-0.2, 0) is 54.3 Å². The number of hydrogen-bond acceptors (Lipinski definition) is 20. The van der Waals surface area contributed by atoms with E-state index in [4.69, 9.17) is 96.1 Å². The van der Waals surface area contributed by atoms with Crippen LogP contribution in [0.3, 0.4) is 0 Å². The Bertz CT molecular complexity index is 3110. The van der Waals surface area contributed by atoms with Crippen molar-refractivity contribution in [2.45, 2.75) is 50.3 Å². The number of ether oxygens (including phenoxy) is 2. The minimum Gasteiger partial charge on any atom is -0.493 e. The third-order valence-electron chi connectivity index (χ3n) is 8.89. The first-order chi connectivity index (χ1) is 32.5. The summed E-state index contributed by atoms with van der Waals surface area (Å²) in [6.45, 7) is 3.81. The zero-order chi connectivity index (χ0) is 50.9. The zero-order valence-corrected chi connectivity index (χ0v) is 41.9. The van der Waals surface area contributed by atoms with E-state index >= 15 is 0 Å². The van der Waals surface area contributed by atoms with E-state index in [-0.39, 0.29) is 53.0 Å². The maximum absolute atomic E-state index is 11.8. The van der Waals surface area contributed by atoms with Crippen LogP contribution in [-0.4, -0.2) is 98.2 Å². The smallest absolute Gasteiger partial charge is 0.425 e. The highest BCUT2D eigenvalue weighted by Crippen LogP contribution is 2.38. The molecule has 0 amide bonds. The number of anilines is 1. The first-order valence-electron chi connectivity index (χ1n) is 19.7. The van der Waals surface area contributed by atoms with Crippen LogP contribution in [0.1, 0.15) is 55.4 Å². The zero-order valence-electron chi connectivity index (χ0n) is 35.6. The van der Waals surface area contributed by atoms with Crippen molar-refractivity contribution in [3.05, 3.63) is 110 Å². The van der Waals surface area contributed by atoms with Crippen molar-refractivity contribution < 1.29 is 60.7 Å². The van der Waals surface area contributed by atoms with Crippen molar-refractivity contribution >= 4 is 117 Å². The number of nitrogens with zero attached hydrogens (tertiary/aromatic N) is 8. The number of halogens is 4. The van der Waals surface area contributed by atoms with E-state index in [2.05, 4.69) is 25.4 Å². The molecule has 0 bridgehead atoms. The van der Waals surface area contributed by atoms with E-state index < -0.39 is 52.1 Å². The Morgan fingerprint density at radius 1 is 0.638 bits per heavy atom. The van der Waals surface area contributed by atoms with Crippen molar-refractivity contribution in [2.75, 3.05) is 37.0 Å². The summed E-state index contributed by atoms with van der Waals surface area (Å²) in [5.41, 5.74) is 2.36. The van der Waals surface area contributed by atoms with Gasteiger partial charge in [-0.25, -0.2) is 4.98 Å². The first-order valence-corrected chi connectivity index (χ1v) is 26.3. The van der Waals surface area contributed by atoms with Gasteiger partial charge in [-0.3, -0.25) is 9.11 Å². The van der Waals surface area contributed by atoms with Crippen LogP contribution >= 0.6 is 46.4 Å². The number of aromatic nitrogens is 3. The number of rotatable bonds is 18. The molecule has 1 aliphatic heterocycles. The molecule has 1 fully saturated rings. The minimum atomic E-state index is -4.65. The van der Waals surface area contributed by atoms with Crippen molar-refractivity contribution in [1.82, 2.24) is 15.0 Å². The van der Waals surface area contributed by atoms with E-state index in [0.29, 0.717) is 62.5 Å². The van der Waals surface area contributed by atoms with Gasteiger partial charge in [0.25, 0.3) is 20.2 Å². The van der Waals surface area contributed by atoms with E-state index in [1.165, 1.54) is 18.2 Å². The van der Waals surface area contributed by atoms with Gasteiger partial charge in [-0.2, -0.15) is 37.0 Å². The highest BCUT2D eigenvalue weighted by Gasteiger charge is 2.22. The molecule has 0 unspecified atom stereocenters. The maximum atomic E-state index is 11.8. The molecule has 0 radical (unpaired) electrons. The molecule has 0 aliphatic carbocycles. The molecule has 0 spiro atoms. The molecule has 1 saturated heterocycles. The second-order valence-corrected chi connectivity index (χ2v) is 19.5. The molecule has 30 heteroatoms. The van der Waals surface area contributed by atoms with E-state index in [9.17, 15) is 25.9 Å². The van der Waals surface area contributed by atoms with Crippen molar-refractivity contribution in [2.24, 2.45) is 20.5 Å². The van der Waals surface area contributed by atoms with Gasteiger partial charge in [0, 0.05) is 54.2 Å². The Labute approximate surface area is 418 Å². The van der Waals surface area contributed by atoms with E-state index in [0.717, 1.165) is 38.4 Å². The second-order valence-electron chi connectivity index (χ2n) is 14.0. The van der Waals surface area contributed by atoms with Crippen molar-refractivity contribution in [1.29, 1.82) is 0 Å². The summed E-state index contributed by atoms with van der Waals surface area (Å²) in [7, 11) is -15.1. The molecule has 2 heterocycles. The molecule has 69 heavy (non-hydrogen) atoms. The molecule has 2 N–H and O–H groups in total. The lowest BCUT2D eigenvalue weighted by Crippen LogP contribution is -2.22. The largest absolute Gasteiger partial charge is 0.493 e. The SMILES string of the molecule is CCCOc1cc(N=Nc2ccc(Cl)cc2)c(Cl)cc1Cc1nc(Cc2cc(Cl)c(N=Nc3ccc(Cl)c(S(=O)(=O)O)c3)cc2OCCCS(=O)(=O)O)nc(N2CCCC2)n1.O=S(=O)=O.O=S(=O)=O. The van der Waals surface area contributed by atoms with E-state index in [1.807, 2.05) is 6.92 Å². The fraction of sp³-hybridized carbons (Fsp3) is 0.308. The lowest BCUT2D eigenvalue weighted by molar-refractivity contribution is 0.313. The van der Waals surface area contributed by atoms with Gasteiger partial charge >= 0.3 is 21.2 Å². The summed E-state index contributed by atoms with van der Waals surface area (Å²) in [6, 6.07) is 17.1. The van der Waals surface area contributed by atoms with Crippen LogP contribution in [0.4, 0.5) is 28.7 Å². The monoisotopic (exact) mass is 1110 g/mol. The fourth-order valence-electron chi connectivity index (χ4n) is 6.00. The van der Waals surface area contributed by atoms with Gasteiger partial charge in [0.05, 0.1) is 45.4 Å². The molecule has 1 aromatic heterocycles. The number of hydrogen-bond donors (Lipinski definition) is 2. The quantitative estimate of drug-likeness (QED) is 0.0470. The Kier molecular flexibility index (Phi) is 21.7. The molecule has 5 aromatic rings. The molecule has 4 aromatic carbocycles. The second kappa shape index (κ2) is 26.6. The van der Waals surface area contributed by atoms with Crippen molar-refractivity contribution in [3.63, 3.8) is 0 Å². The minimum absolute atomic E-state index is 0.0394. The average Bonchev–Trinajstić information content (AvgIpc) is 3.80. The van der Waals surface area contributed by atoms with Crippen LogP contribution < -0.4 is 14.4 Å². The Morgan fingerprint density at radius 3 is 1.59 bits per heavy atom. The normalized spacial score (nSPS) is 12.6. The van der Waals surface area contributed by atoms with Gasteiger partial charge < -0.3 is 14.4 Å². The Hall–Kier alpha value is -5.29. The molecular formula is C39H38Cl4N8O14S4. The van der Waals surface area contributed by atoms with Gasteiger partial charge in [-0.15, -0.1) is 35.5 Å². The summed E-state index contributed by atoms with van der Waals surface area (Å²) in [5.74, 6) is 1.51. The fourth-order valence-corrected chi connectivity index (χ4v) is 8.05. The molecule has 370 valence electrons. The Morgan fingerprint density at radius 2 is 1.12 bits per heavy atom. The third kappa shape index (κ3) is 19.6. The maximum Gasteiger partial charge on any atom is 0.425 e. The highest BCUT2D eigenvalue weighted by molar-refractivity contribution is 7.86. The van der Waals surface area contributed by atoms with Crippen molar-refractivity contribution in [3.8, 4) is 11.5 Å². The molecule has 0 atom stereocenters. The van der Waals surface area contributed by atoms with Crippen LogP contribution in [0.2, 0.25) is 20.1 Å². The lowest BCUT2D eigenvalue weighted by Gasteiger charge is -2.18. The summed E-state index contributed by atoms with van der Waals surface area (Å²) < 4.78 is 128. The molecule has 22 nitrogen and oxygen atoms in total. The van der Waals surface area contributed by atoms with Gasteiger partial charge in [0.15, 0.2) is 0 Å². The number of azo groups is 2. The topological polar surface area (TPSA) is 321 Å². The van der Waals surface area contributed by atoms with Crippen LogP contribution in [0.5, 0.6) is 11.5 Å². The molecular weight excluding hydrogens is 1070 g/mol.